The molecule has 1 fully saturated rings. The summed E-state index contributed by atoms with van der Waals surface area (Å²) in [5.74, 6) is 0.0841. The van der Waals surface area contributed by atoms with Crippen LogP contribution < -0.4 is 18.9 Å². The highest BCUT2D eigenvalue weighted by molar-refractivity contribution is 6.46. The van der Waals surface area contributed by atoms with E-state index in [1.807, 2.05) is 56.3 Å². The minimum absolute atomic E-state index is 0.000167. The summed E-state index contributed by atoms with van der Waals surface area (Å²) >= 11 is 0. The number of likely N-dealkylation sites (tertiary alicyclic amines) is 1. The molecule has 1 amide bonds. The monoisotopic (exact) mass is 574 g/mol. The molecule has 1 N–H and O–H groups in total. The van der Waals surface area contributed by atoms with Crippen LogP contribution in [-0.2, 0) is 16.2 Å². The van der Waals surface area contributed by atoms with Crippen molar-refractivity contribution in [2.24, 2.45) is 0 Å². The van der Waals surface area contributed by atoms with Gasteiger partial charge < -0.3 is 33.9 Å². The Kier molecular flexibility index (Phi) is 9.75. The SMILES string of the molecule is COc1cc([C@H]2C(=C(O)c3ccc(OCc4ccccc4)cc3C)C(=O)C(=O)N2CCCN(C)C)cc(OC)c1OC. The fraction of sp³-hybridized carbons (Fsp3) is 0.333. The minimum atomic E-state index is -0.866. The molecule has 0 bridgehead atoms. The molecule has 0 saturated carbocycles. The predicted octanol–water partition coefficient (Wildman–Crippen LogP) is 4.97. The van der Waals surface area contributed by atoms with E-state index in [1.165, 1.54) is 26.2 Å². The van der Waals surface area contributed by atoms with Crippen molar-refractivity contribution in [2.75, 3.05) is 48.5 Å². The number of carbonyl (C=O) groups excluding carboxylic acids is 2. The number of aryl methyl sites for hydroxylation is 1. The molecule has 1 aliphatic rings. The molecule has 0 aliphatic carbocycles. The topological polar surface area (TPSA) is 97.8 Å². The Morgan fingerprint density at radius 3 is 2.17 bits per heavy atom. The van der Waals surface area contributed by atoms with Gasteiger partial charge in [0.05, 0.1) is 32.9 Å². The van der Waals surface area contributed by atoms with Gasteiger partial charge in [0, 0.05) is 12.1 Å². The minimum Gasteiger partial charge on any atom is -0.507 e. The van der Waals surface area contributed by atoms with E-state index in [0.29, 0.717) is 65.8 Å². The van der Waals surface area contributed by atoms with Gasteiger partial charge in [-0.2, -0.15) is 0 Å². The van der Waals surface area contributed by atoms with E-state index in [4.69, 9.17) is 18.9 Å². The van der Waals surface area contributed by atoms with Crippen molar-refractivity contribution in [1.29, 1.82) is 0 Å². The molecule has 0 spiro atoms. The van der Waals surface area contributed by atoms with E-state index in [9.17, 15) is 14.7 Å². The summed E-state index contributed by atoms with van der Waals surface area (Å²) in [5.41, 5.74) is 2.71. The highest BCUT2D eigenvalue weighted by atomic mass is 16.5. The van der Waals surface area contributed by atoms with Gasteiger partial charge in [-0.15, -0.1) is 0 Å². The summed E-state index contributed by atoms with van der Waals surface area (Å²) in [6.07, 6.45) is 0.632. The number of aliphatic hydroxyl groups is 1. The number of rotatable bonds is 12. The molecule has 1 heterocycles. The second-order valence-electron chi connectivity index (χ2n) is 10.4. The number of Topliss-reactive ketones (excluding diaryl/α,β-unsaturated/α-hetero) is 1. The molecule has 0 aromatic heterocycles. The molecule has 222 valence electrons. The van der Waals surface area contributed by atoms with E-state index in [-0.39, 0.29) is 11.3 Å². The van der Waals surface area contributed by atoms with Crippen LogP contribution in [0.1, 0.15) is 34.7 Å². The Morgan fingerprint density at radius 2 is 1.60 bits per heavy atom. The zero-order valence-electron chi connectivity index (χ0n) is 25.0. The van der Waals surface area contributed by atoms with Gasteiger partial charge in [0.15, 0.2) is 11.5 Å². The number of methoxy groups -OCH3 is 3. The molecule has 1 atom stereocenters. The van der Waals surface area contributed by atoms with Gasteiger partial charge in [-0.25, -0.2) is 0 Å². The van der Waals surface area contributed by atoms with Crippen molar-refractivity contribution in [3.8, 4) is 23.0 Å². The summed E-state index contributed by atoms with van der Waals surface area (Å²) in [5, 5.41) is 11.6. The van der Waals surface area contributed by atoms with Crippen LogP contribution >= 0.6 is 0 Å². The maximum absolute atomic E-state index is 13.5. The molecule has 3 aromatic carbocycles. The van der Waals surface area contributed by atoms with Gasteiger partial charge in [-0.1, -0.05) is 30.3 Å². The number of ether oxygens (including phenoxy) is 4. The third-order valence-corrected chi connectivity index (χ3v) is 7.25. The van der Waals surface area contributed by atoms with Crippen LogP contribution in [0.3, 0.4) is 0 Å². The molecule has 0 unspecified atom stereocenters. The largest absolute Gasteiger partial charge is 0.507 e. The Balaban J connectivity index is 1.78. The van der Waals surface area contributed by atoms with Crippen LogP contribution in [0.15, 0.2) is 66.2 Å². The number of amides is 1. The quantitative estimate of drug-likeness (QED) is 0.184. The van der Waals surface area contributed by atoms with Crippen LogP contribution in [0.4, 0.5) is 0 Å². The first-order valence-electron chi connectivity index (χ1n) is 13.7. The summed E-state index contributed by atoms with van der Waals surface area (Å²) in [6.45, 7) is 3.25. The highest BCUT2D eigenvalue weighted by Gasteiger charge is 2.46. The van der Waals surface area contributed by atoms with E-state index in [1.54, 1.807) is 30.3 Å². The van der Waals surface area contributed by atoms with Crippen molar-refractivity contribution in [2.45, 2.75) is 26.0 Å². The number of benzene rings is 3. The summed E-state index contributed by atoms with van der Waals surface area (Å²) < 4.78 is 22.5. The number of hydrogen-bond donors (Lipinski definition) is 1. The smallest absolute Gasteiger partial charge is 0.295 e. The second kappa shape index (κ2) is 13.4. The van der Waals surface area contributed by atoms with Gasteiger partial charge in [-0.05, 0) is 81.0 Å². The first-order chi connectivity index (χ1) is 20.2. The number of carbonyl (C=O) groups is 2. The molecule has 1 saturated heterocycles. The van der Waals surface area contributed by atoms with Crippen molar-refractivity contribution in [1.82, 2.24) is 9.80 Å². The summed E-state index contributed by atoms with van der Waals surface area (Å²) in [4.78, 5) is 30.5. The fourth-order valence-corrected chi connectivity index (χ4v) is 5.15. The molecule has 3 aromatic rings. The summed E-state index contributed by atoms with van der Waals surface area (Å²) in [7, 11) is 8.39. The average molecular weight is 575 g/mol. The van der Waals surface area contributed by atoms with E-state index in [2.05, 4.69) is 0 Å². The van der Waals surface area contributed by atoms with E-state index >= 15 is 0 Å². The Morgan fingerprint density at radius 1 is 0.929 bits per heavy atom. The number of nitrogens with zero attached hydrogens (tertiary/aromatic N) is 2. The zero-order valence-corrected chi connectivity index (χ0v) is 25.0. The molecular weight excluding hydrogens is 536 g/mol. The lowest BCUT2D eigenvalue weighted by Gasteiger charge is -2.27. The molecule has 4 rings (SSSR count). The van der Waals surface area contributed by atoms with Crippen molar-refractivity contribution in [3.63, 3.8) is 0 Å². The van der Waals surface area contributed by atoms with Crippen LogP contribution in [0.5, 0.6) is 23.0 Å². The van der Waals surface area contributed by atoms with Gasteiger partial charge in [0.1, 0.15) is 18.1 Å². The van der Waals surface area contributed by atoms with Gasteiger partial charge >= 0.3 is 0 Å². The van der Waals surface area contributed by atoms with Crippen molar-refractivity contribution in [3.05, 3.63) is 88.5 Å². The van der Waals surface area contributed by atoms with Crippen LogP contribution in [0.25, 0.3) is 5.76 Å². The predicted molar refractivity (Wildman–Crippen MR) is 160 cm³/mol. The lowest BCUT2D eigenvalue weighted by Crippen LogP contribution is -2.32. The molecule has 9 nitrogen and oxygen atoms in total. The van der Waals surface area contributed by atoms with Crippen molar-refractivity contribution < 1.29 is 33.6 Å². The fourth-order valence-electron chi connectivity index (χ4n) is 5.15. The molecule has 9 heteroatoms. The van der Waals surface area contributed by atoms with Gasteiger partial charge in [-0.3, -0.25) is 9.59 Å². The third-order valence-electron chi connectivity index (χ3n) is 7.25. The van der Waals surface area contributed by atoms with Crippen LogP contribution in [-0.4, -0.2) is 75.1 Å². The Labute approximate surface area is 246 Å². The maximum Gasteiger partial charge on any atom is 0.295 e. The molecular formula is C33H38N2O7. The van der Waals surface area contributed by atoms with Crippen molar-refractivity contribution >= 4 is 17.4 Å². The van der Waals surface area contributed by atoms with Gasteiger partial charge in [0.25, 0.3) is 11.7 Å². The normalized spacial score (nSPS) is 16.2. The standard InChI is InChI=1S/C33H38N2O7/c1-21-17-24(42-20-22-11-8-7-9-12-22)13-14-25(21)30(36)28-29(35(33(38)31(28)37)16-10-15-34(2)3)23-18-26(39-4)32(41-6)27(19-23)40-5/h7-9,11-14,17-19,29,36H,10,15-16,20H2,1-6H3/t29-/m0/s1. The lowest BCUT2D eigenvalue weighted by molar-refractivity contribution is -0.139. The van der Waals surface area contributed by atoms with E-state index < -0.39 is 17.7 Å². The Hall–Kier alpha value is -4.50. The third kappa shape index (κ3) is 6.36. The highest BCUT2D eigenvalue weighted by Crippen LogP contribution is 2.46. The lowest BCUT2D eigenvalue weighted by atomic mass is 9.93. The molecule has 42 heavy (non-hydrogen) atoms. The maximum atomic E-state index is 13.5. The van der Waals surface area contributed by atoms with Crippen LogP contribution in [0, 0.1) is 6.92 Å². The van der Waals surface area contributed by atoms with E-state index in [0.717, 1.165) is 5.56 Å². The first kappa shape index (κ1) is 30.5. The second-order valence-corrected chi connectivity index (χ2v) is 10.4. The Bertz CT molecular complexity index is 1440. The average Bonchev–Trinajstić information content (AvgIpc) is 3.24. The number of aliphatic hydroxyl groups excluding tert-OH is 1. The van der Waals surface area contributed by atoms with Gasteiger partial charge in [0.2, 0.25) is 5.75 Å². The number of hydrogen-bond acceptors (Lipinski definition) is 8. The van der Waals surface area contributed by atoms with Crippen LogP contribution in [0.2, 0.25) is 0 Å². The summed E-state index contributed by atoms with van der Waals surface area (Å²) in [6, 6.07) is 17.6. The zero-order chi connectivity index (χ0) is 30.4. The molecule has 1 aliphatic heterocycles. The first-order valence-corrected chi connectivity index (χ1v) is 13.7. The molecule has 0 radical (unpaired) electrons. The number of ketones is 1.